The Kier molecular flexibility index (Phi) is 2.17. The van der Waals surface area contributed by atoms with Gasteiger partial charge < -0.3 is 9.88 Å². The first kappa shape index (κ1) is 9.78. The minimum atomic E-state index is 0.513. The maximum Gasteiger partial charge on any atom is 0.177 e. The Hall–Kier alpha value is -1.42. The van der Waals surface area contributed by atoms with E-state index in [9.17, 15) is 0 Å². The Morgan fingerprint density at radius 3 is 3.00 bits per heavy atom. The monoisotopic (exact) mass is 216 g/mol. The molecule has 0 amide bonds. The van der Waals surface area contributed by atoms with Crippen molar-refractivity contribution in [2.45, 2.75) is 12.8 Å². The van der Waals surface area contributed by atoms with Crippen LogP contribution in [0.3, 0.4) is 0 Å². The maximum atomic E-state index is 4.66. The largest absolute Gasteiger partial charge is 0.329 e. The van der Waals surface area contributed by atoms with Crippen molar-refractivity contribution in [1.82, 2.24) is 19.9 Å². The van der Waals surface area contributed by atoms with Crippen LogP contribution in [0.1, 0.15) is 18.7 Å². The Morgan fingerprint density at radius 2 is 2.31 bits per heavy atom. The van der Waals surface area contributed by atoms with Crippen molar-refractivity contribution in [2.24, 2.45) is 13.0 Å². The highest BCUT2D eigenvalue weighted by atomic mass is 15.1. The summed E-state index contributed by atoms with van der Waals surface area (Å²) >= 11 is 0. The van der Waals surface area contributed by atoms with Crippen LogP contribution in [0, 0.1) is 5.92 Å². The van der Waals surface area contributed by atoms with Crippen molar-refractivity contribution in [1.29, 1.82) is 0 Å². The molecule has 3 heterocycles. The van der Waals surface area contributed by atoms with E-state index in [0.717, 1.165) is 30.1 Å². The summed E-state index contributed by atoms with van der Waals surface area (Å²) in [6, 6.07) is 4.04. The molecule has 0 aliphatic carbocycles. The van der Waals surface area contributed by atoms with E-state index in [-0.39, 0.29) is 0 Å². The summed E-state index contributed by atoms with van der Waals surface area (Å²) in [6.07, 6.45) is 1.80. The highest BCUT2D eigenvalue weighted by Gasteiger charge is 2.28. The number of imidazole rings is 1. The molecule has 84 valence electrons. The van der Waals surface area contributed by atoms with Crippen LogP contribution < -0.4 is 5.32 Å². The van der Waals surface area contributed by atoms with Crippen LogP contribution in [0.4, 0.5) is 0 Å². The predicted octanol–water partition coefficient (Wildman–Crippen LogP) is 1.29. The van der Waals surface area contributed by atoms with E-state index < -0.39 is 0 Å². The van der Waals surface area contributed by atoms with Crippen LogP contribution in [0.5, 0.6) is 0 Å². The summed E-state index contributed by atoms with van der Waals surface area (Å²) in [7, 11) is 2.08. The van der Waals surface area contributed by atoms with Gasteiger partial charge in [-0.2, -0.15) is 0 Å². The molecule has 0 aromatic carbocycles. The Labute approximate surface area is 94.7 Å². The molecule has 1 fully saturated rings. The quantitative estimate of drug-likeness (QED) is 0.781. The van der Waals surface area contributed by atoms with Crippen molar-refractivity contribution in [3.63, 3.8) is 0 Å². The van der Waals surface area contributed by atoms with Gasteiger partial charge in [-0.3, -0.25) is 0 Å². The smallest absolute Gasteiger partial charge is 0.177 e. The molecular weight excluding hydrogens is 200 g/mol. The second-order valence-electron chi connectivity index (χ2n) is 4.62. The van der Waals surface area contributed by atoms with Crippen LogP contribution in [0.15, 0.2) is 18.3 Å². The molecule has 0 bridgehead atoms. The number of aromatic nitrogens is 3. The van der Waals surface area contributed by atoms with Gasteiger partial charge in [0.2, 0.25) is 0 Å². The first-order valence-electron chi connectivity index (χ1n) is 5.75. The van der Waals surface area contributed by atoms with Crippen molar-refractivity contribution >= 4 is 11.2 Å². The molecule has 1 aliphatic rings. The topological polar surface area (TPSA) is 42.7 Å². The lowest BCUT2D eigenvalue weighted by Crippen LogP contribution is -2.13. The molecule has 3 rings (SSSR count). The van der Waals surface area contributed by atoms with Gasteiger partial charge in [0.05, 0.1) is 5.52 Å². The molecule has 1 N–H and O–H groups in total. The maximum absolute atomic E-state index is 4.66. The molecule has 0 spiro atoms. The summed E-state index contributed by atoms with van der Waals surface area (Å²) in [5.74, 6) is 2.32. The van der Waals surface area contributed by atoms with Gasteiger partial charge in [-0.15, -0.1) is 0 Å². The van der Waals surface area contributed by atoms with Crippen LogP contribution in [0.2, 0.25) is 0 Å². The molecule has 4 heteroatoms. The Bertz CT molecular complexity index is 517. The van der Waals surface area contributed by atoms with Gasteiger partial charge in [0.15, 0.2) is 5.65 Å². The fourth-order valence-corrected chi connectivity index (χ4v) is 2.53. The number of rotatable bonds is 1. The molecule has 2 atom stereocenters. The summed E-state index contributed by atoms with van der Waals surface area (Å²) in [5.41, 5.74) is 1.98. The molecular formula is C12H16N4. The standard InChI is InChI=1S/C12H16N4/c1-8-6-13-7-9(8)12-15-11-10(16(12)2)4-3-5-14-11/h3-5,8-9,13H,6-7H2,1-2H3/t8-,9-/m1/s1. The zero-order chi connectivity index (χ0) is 11.1. The molecule has 0 saturated carbocycles. The third kappa shape index (κ3) is 1.33. The van der Waals surface area contributed by atoms with Gasteiger partial charge in [-0.1, -0.05) is 6.92 Å². The third-order valence-corrected chi connectivity index (χ3v) is 3.54. The van der Waals surface area contributed by atoms with Gasteiger partial charge in [-0.25, -0.2) is 9.97 Å². The number of hydrogen-bond donors (Lipinski definition) is 1. The van der Waals surface area contributed by atoms with Gasteiger partial charge in [0, 0.05) is 25.7 Å². The van der Waals surface area contributed by atoms with Gasteiger partial charge in [0.25, 0.3) is 0 Å². The second kappa shape index (κ2) is 3.56. The fraction of sp³-hybridized carbons (Fsp3) is 0.500. The molecule has 4 nitrogen and oxygen atoms in total. The highest BCUT2D eigenvalue weighted by molar-refractivity contribution is 5.71. The number of fused-ring (bicyclic) bond motifs is 1. The average molecular weight is 216 g/mol. The normalized spacial score (nSPS) is 25.4. The summed E-state index contributed by atoms with van der Waals surface area (Å²) < 4.78 is 2.18. The van der Waals surface area contributed by atoms with E-state index in [2.05, 4.69) is 39.9 Å². The Balaban J connectivity index is 2.13. The number of hydrogen-bond acceptors (Lipinski definition) is 3. The van der Waals surface area contributed by atoms with E-state index in [1.807, 2.05) is 6.07 Å². The lowest BCUT2D eigenvalue weighted by Gasteiger charge is -2.13. The van der Waals surface area contributed by atoms with Crippen molar-refractivity contribution in [3.8, 4) is 0 Å². The Morgan fingerprint density at radius 1 is 1.44 bits per heavy atom. The molecule has 1 saturated heterocycles. The lowest BCUT2D eigenvalue weighted by atomic mass is 9.97. The van der Waals surface area contributed by atoms with E-state index in [1.165, 1.54) is 0 Å². The van der Waals surface area contributed by atoms with Crippen LogP contribution in [0.25, 0.3) is 11.2 Å². The summed E-state index contributed by atoms with van der Waals surface area (Å²) in [5, 5.41) is 3.42. The average Bonchev–Trinajstić information content (AvgIpc) is 2.84. The van der Waals surface area contributed by atoms with Gasteiger partial charge >= 0.3 is 0 Å². The minimum Gasteiger partial charge on any atom is -0.329 e. The number of nitrogens with one attached hydrogen (secondary N) is 1. The first-order chi connectivity index (χ1) is 7.77. The number of nitrogens with zero attached hydrogens (tertiary/aromatic N) is 3. The summed E-state index contributed by atoms with van der Waals surface area (Å²) in [4.78, 5) is 8.96. The predicted molar refractivity (Wildman–Crippen MR) is 63.3 cm³/mol. The van der Waals surface area contributed by atoms with Gasteiger partial charge in [0.1, 0.15) is 5.82 Å². The van der Waals surface area contributed by atoms with E-state index in [1.54, 1.807) is 6.20 Å². The van der Waals surface area contributed by atoms with Crippen LogP contribution in [-0.4, -0.2) is 27.6 Å². The minimum absolute atomic E-state index is 0.513. The molecule has 0 radical (unpaired) electrons. The SMILES string of the molecule is C[C@@H]1CNC[C@H]1c1nc2ncccc2n1C. The van der Waals surface area contributed by atoms with Crippen molar-refractivity contribution in [3.05, 3.63) is 24.2 Å². The molecule has 2 aromatic heterocycles. The van der Waals surface area contributed by atoms with Crippen LogP contribution >= 0.6 is 0 Å². The highest BCUT2D eigenvalue weighted by Crippen LogP contribution is 2.28. The van der Waals surface area contributed by atoms with E-state index >= 15 is 0 Å². The molecule has 16 heavy (non-hydrogen) atoms. The lowest BCUT2D eigenvalue weighted by molar-refractivity contribution is 0.533. The van der Waals surface area contributed by atoms with E-state index in [4.69, 9.17) is 0 Å². The fourth-order valence-electron chi connectivity index (χ4n) is 2.53. The summed E-state index contributed by atoms with van der Waals surface area (Å²) in [6.45, 7) is 4.39. The molecule has 2 aromatic rings. The van der Waals surface area contributed by atoms with Gasteiger partial charge in [-0.05, 0) is 24.6 Å². The van der Waals surface area contributed by atoms with E-state index in [0.29, 0.717) is 11.8 Å². The number of pyridine rings is 1. The number of aryl methyl sites for hydroxylation is 1. The molecule has 1 aliphatic heterocycles. The zero-order valence-electron chi connectivity index (χ0n) is 9.64. The zero-order valence-corrected chi connectivity index (χ0v) is 9.64. The van der Waals surface area contributed by atoms with Crippen molar-refractivity contribution in [2.75, 3.05) is 13.1 Å². The molecule has 0 unspecified atom stereocenters. The van der Waals surface area contributed by atoms with Crippen LogP contribution in [-0.2, 0) is 7.05 Å². The second-order valence-corrected chi connectivity index (χ2v) is 4.62. The van der Waals surface area contributed by atoms with Crippen molar-refractivity contribution < 1.29 is 0 Å². The third-order valence-electron chi connectivity index (χ3n) is 3.54. The first-order valence-corrected chi connectivity index (χ1v) is 5.75.